The summed E-state index contributed by atoms with van der Waals surface area (Å²) in [5.41, 5.74) is 3.17. The van der Waals surface area contributed by atoms with Crippen molar-refractivity contribution in [3.05, 3.63) is 30.6 Å². The highest BCUT2D eigenvalue weighted by atomic mass is 16.5. The molecule has 0 aliphatic heterocycles. The fourth-order valence-electron chi connectivity index (χ4n) is 1.16. The van der Waals surface area contributed by atoms with E-state index in [1.54, 1.807) is 12.1 Å². The fraction of sp³-hybridized carbons (Fsp3) is 0. The molecule has 1 aromatic carbocycles. The Kier molecular flexibility index (Phi) is 2.70. The lowest BCUT2D eigenvalue weighted by molar-refractivity contribution is 0.240. The molecule has 76 valence electrons. The first-order valence-corrected chi connectivity index (χ1v) is 4.20. The van der Waals surface area contributed by atoms with Crippen LogP contribution in [0, 0.1) is 0 Å². The molecule has 0 saturated heterocycles. The van der Waals surface area contributed by atoms with Crippen molar-refractivity contribution in [1.29, 1.82) is 0 Å². The molecule has 0 aliphatic carbocycles. The molecule has 0 radical (unpaired) electrons. The Balaban J connectivity index is 2.43. The van der Waals surface area contributed by atoms with Crippen molar-refractivity contribution in [3.8, 4) is 11.5 Å². The Hall–Kier alpha value is -2.21. The van der Waals surface area contributed by atoms with Crippen LogP contribution in [0.2, 0.25) is 0 Å². The standard InChI is InChI=1S/C9H8N4O2/c14-12-5-10-8-4-2-1-3-7(8)9-11-6-13-15-9/h1-6,14H,(H,10,12). The number of rotatable bonds is 3. The Labute approximate surface area is 85.2 Å². The second-order valence-electron chi connectivity index (χ2n) is 2.65. The van der Waals surface area contributed by atoms with Crippen LogP contribution in [0.4, 0.5) is 5.69 Å². The van der Waals surface area contributed by atoms with Gasteiger partial charge in [-0.2, -0.15) is 4.98 Å². The Bertz CT molecular complexity index is 453. The molecule has 0 amide bonds. The highest BCUT2D eigenvalue weighted by molar-refractivity contribution is 5.73. The van der Waals surface area contributed by atoms with Crippen molar-refractivity contribution < 1.29 is 9.73 Å². The van der Waals surface area contributed by atoms with Gasteiger partial charge in [-0.15, -0.1) is 0 Å². The minimum Gasteiger partial charge on any atom is -0.334 e. The number of hydrogen-bond donors (Lipinski definition) is 2. The van der Waals surface area contributed by atoms with Gasteiger partial charge >= 0.3 is 0 Å². The van der Waals surface area contributed by atoms with Crippen molar-refractivity contribution in [1.82, 2.24) is 15.6 Å². The summed E-state index contributed by atoms with van der Waals surface area (Å²) in [5.74, 6) is 0.390. The quantitative estimate of drug-likeness (QED) is 0.448. The maximum atomic E-state index is 8.40. The molecule has 2 N–H and O–H groups in total. The molecule has 15 heavy (non-hydrogen) atoms. The van der Waals surface area contributed by atoms with Gasteiger partial charge in [-0.1, -0.05) is 17.3 Å². The van der Waals surface area contributed by atoms with Gasteiger partial charge in [0.1, 0.15) is 6.34 Å². The molecule has 1 heterocycles. The maximum absolute atomic E-state index is 8.40. The highest BCUT2D eigenvalue weighted by Crippen LogP contribution is 2.27. The van der Waals surface area contributed by atoms with Crippen LogP contribution in [0.25, 0.3) is 11.5 Å². The van der Waals surface area contributed by atoms with Crippen molar-refractivity contribution in [3.63, 3.8) is 0 Å². The number of hydrogen-bond acceptors (Lipinski definition) is 5. The molecule has 0 unspecified atom stereocenters. The largest absolute Gasteiger partial charge is 0.334 e. The van der Waals surface area contributed by atoms with Crippen LogP contribution in [0.5, 0.6) is 0 Å². The Morgan fingerprint density at radius 3 is 3.00 bits per heavy atom. The maximum Gasteiger partial charge on any atom is 0.259 e. The molecule has 1 aromatic heterocycles. The molecule has 2 aromatic rings. The van der Waals surface area contributed by atoms with Gasteiger partial charge in [0, 0.05) is 0 Å². The van der Waals surface area contributed by atoms with E-state index in [0.29, 0.717) is 17.1 Å². The molecule has 0 bridgehead atoms. The summed E-state index contributed by atoms with van der Waals surface area (Å²) in [7, 11) is 0. The first kappa shape index (κ1) is 9.35. The Morgan fingerprint density at radius 2 is 2.27 bits per heavy atom. The van der Waals surface area contributed by atoms with E-state index < -0.39 is 0 Å². The SMILES string of the molecule is ONC=Nc1ccccc1-c1ncno1. The third-order valence-electron chi connectivity index (χ3n) is 1.76. The smallest absolute Gasteiger partial charge is 0.259 e. The van der Waals surface area contributed by atoms with E-state index in [4.69, 9.17) is 9.73 Å². The van der Waals surface area contributed by atoms with Gasteiger partial charge in [0.05, 0.1) is 11.3 Å². The second-order valence-corrected chi connectivity index (χ2v) is 2.65. The molecule has 0 spiro atoms. The fourth-order valence-corrected chi connectivity index (χ4v) is 1.16. The minimum atomic E-state index is 0.390. The van der Waals surface area contributed by atoms with Crippen molar-refractivity contribution in [2.24, 2.45) is 4.99 Å². The lowest BCUT2D eigenvalue weighted by Crippen LogP contribution is -2.01. The Morgan fingerprint density at radius 1 is 1.40 bits per heavy atom. The van der Waals surface area contributed by atoms with E-state index in [9.17, 15) is 0 Å². The molecule has 6 nitrogen and oxygen atoms in total. The minimum absolute atomic E-state index is 0.390. The molecule has 0 aliphatic rings. The number of benzene rings is 1. The van der Waals surface area contributed by atoms with Crippen LogP contribution in [0.1, 0.15) is 0 Å². The zero-order valence-electron chi connectivity index (χ0n) is 7.66. The van der Waals surface area contributed by atoms with E-state index in [1.807, 2.05) is 17.6 Å². The summed E-state index contributed by atoms with van der Waals surface area (Å²) in [4.78, 5) is 7.89. The molecular weight excluding hydrogens is 196 g/mol. The zero-order valence-corrected chi connectivity index (χ0v) is 7.66. The van der Waals surface area contributed by atoms with Crippen LogP contribution in [0.3, 0.4) is 0 Å². The molecule has 6 heteroatoms. The topological polar surface area (TPSA) is 83.5 Å². The van der Waals surface area contributed by atoms with Gasteiger partial charge in [-0.25, -0.2) is 4.99 Å². The number of hydroxylamine groups is 1. The number of nitrogens with zero attached hydrogens (tertiary/aromatic N) is 3. The molecular formula is C9H8N4O2. The summed E-state index contributed by atoms with van der Waals surface area (Å²) in [6.45, 7) is 0. The van der Waals surface area contributed by atoms with Crippen molar-refractivity contribution in [2.45, 2.75) is 0 Å². The van der Waals surface area contributed by atoms with Gasteiger partial charge in [-0.3, -0.25) is 10.7 Å². The molecule has 0 saturated carbocycles. The number of para-hydroxylation sites is 1. The second kappa shape index (κ2) is 4.34. The molecule has 2 rings (SSSR count). The number of nitrogens with one attached hydrogen (secondary N) is 1. The highest BCUT2D eigenvalue weighted by Gasteiger charge is 2.07. The van der Waals surface area contributed by atoms with E-state index >= 15 is 0 Å². The summed E-state index contributed by atoms with van der Waals surface area (Å²) >= 11 is 0. The summed E-state index contributed by atoms with van der Waals surface area (Å²) in [6.07, 6.45) is 2.48. The summed E-state index contributed by atoms with van der Waals surface area (Å²) in [5, 5.41) is 11.9. The van der Waals surface area contributed by atoms with Gasteiger partial charge in [0.25, 0.3) is 5.89 Å². The van der Waals surface area contributed by atoms with E-state index in [-0.39, 0.29) is 0 Å². The summed E-state index contributed by atoms with van der Waals surface area (Å²) in [6, 6.07) is 7.24. The number of aromatic nitrogens is 2. The van der Waals surface area contributed by atoms with Gasteiger partial charge in [0.2, 0.25) is 0 Å². The van der Waals surface area contributed by atoms with E-state index in [2.05, 4.69) is 15.1 Å². The lowest BCUT2D eigenvalue weighted by Gasteiger charge is -1.98. The monoisotopic (exact) mass is 204 g/mol. The molecule has 0 fully saturated rings. The molecule has 0 atom stereocenters. The normalized spacial score (nSPS) is 10.7. The first-order chi connectivity index (χ1) is 7.42. The number of aliphatic imine (C=N–C) groups is 1. The van der Waals surface area contributed by atoms with Crippen LogP contribution in [0.15, 0.2) is 40.1 Å². The van der Waals surface area contributed by atoms with Crippen LogP contribution in [-0.2, 0) is 0 Å². The third kappa shape index (κ3) is 2.00. The van der Waals surface area contributed by atoms with E-state index in [0.717, 1.165) is 6.34 Å². The average Bonchev–Trinajstić information content (AvgIpc) is 2.80. The zero-order chi connectivity index (χ0) is 10.5. The van der Waals surface area contributed by atoms with Crippen molar-refractivity contribution in [2.75, 3.05) is 0 Å². The van der Waals surface area contributed by atoms with Crippen LogP contribution < -0.4 is 5.48 Å². The van der Waals surface area contributed by atoms with Crippen LogP contribution in [-0.4, -0.2) is 21.7 Å². The van der Waals surface area contributed by atoms with Gasteiger partial charge in [0.15, 0.2) is 6.33 Å². The average molecular weight is 204 g/mol. The van der Waals surface area contributed by atoms with Gasteiger partial charge < -0.3 is 4.52 Å². The van der Waals surface area contributed by atoms with Crippen LogP contribution >= 0.6 is 0 Å². The summed E-state index contributed by atoms with van der Waals surface area (Å²) < 4.78 is 4.92. The van der Waals surface area contributed by atoms with Gasteiger partial charge in [-0.05, 0) is 12.1 Å². The van der Waals surface area contributed by atoms with E-state index in [1.165, 1.54) is 6.33 Å². The predicted molar refractivity (Wildman–Crippen MR) is 52.8 cm³/mol. The first-order valence-electron chi connectivity index (χ1n) is 4.20. The lowest BCUT2D eigenvalue weighted by atomic mass is 10.2. The predicted octanol–water partition coefficient (Wildman–Crippen LogP) is 1.38. The third-order valence-corrected chi connectivity index (χ3v) is 1.76. The van der Waals surface area contributed by atoms with Crippen molar-refractivity contribution >= 4 is 12.0 Å².